The standard InChI is InChI=1S/C33H60O2/c1-3-5-7-8-9-10-18-28-35-31(34)33(24-16-12-17-25-33)32(23-15-6-4-2)26-21-30(22-27-32)29-19-13-11-14-20-29/h29-30H,3-28H2,1-2H3/t30-,32+. The Balaban J connectivity index is 1.63. The summed E-state index contributed by atoms with van der Waals surface area (Å²) >= 11 is 0. The summed E-state index contributed by atoms with van der Waals surface area (Å²) in [5.41, 5.74) is 0.0304. The van der Waals surface area contributed by atoms with Crippen LogP contribution >= 0.6 is 0 Å². The van der Waals surface area contributed by atoms with Gasteiger partial charge in [0, 0.05) is 0 Å². The van der Waals surface area contributed by atoms with E-state index in [0.717, 1.165) is 31.1 Å². The number of carbonyl (C=O) groups excluding carboxylic acids is 1. The first-order valence-corrected chi connectivity index (χ1v) is 16.3. The minimum atomic E-state index is -0.183. The van der Waals surface area contributed by atoms with E-state index in [1.54, 1.807) is 0 Å². The summed E-state index contributed by atoms with van der Waals surface area (Å²) in [5, 5.41) is 0. The van der Waals surface area contributed by atoms with E-state index < -0.39 is 0 Å². The van der Waals surface area contributed by atoms with E-state index in [9.17, 15) is 4.79 Å². The minimum Gasteiger partial charge on any atom is -0.465 e. The van der Waals surface area contributed by atoms with Crippen LogP contribution in [0.5, 0.6) is 0 Å². The summed E-state index contributed by atoms with van der Waals surface area (Å²) < 4.78 is 6.20. The van der Waals surface area contributed by atoms with E-state index in [1.165, 1.54) is 141 Å². The molecular weight excluding hydrogens is 428 g/mol. The first-order valence-electron chi connectivity index (χ1n) is 16.3. The molecule has 0 atom stereocenters. The molecular formula is C33H60O2. The summed E-state index contributed by atoms with van der Waals surface area (Å²) in [6.07, 6.45) is 32.7. The molecule has 204 valence electrons. The van der Waals surface area contributed by atoms with Crippen LogP contribution in [0.25, 0.3) is 0 Å². The predicted octanol–water partition coefficient (Wildman–Crippen LogP) is 10.6. The van der Waals surface area contributed by atoms with Crippen molar-refractivity contribution in [2.75, 3.05) is 6.61 Å². The molecule has 3 rings (SSSR count). The van der Waals surface area contributed by atoms with Gasteiger partial charge in [-0.25, -0.2) is 0 Å². The zero-order valence-corrected chi connectivity index (χ0v) is 23.9. The fourth-order valence-corrected chi connectivity index (χ4v) is 8.42. The lowest BCUT2D eigenvalue weighted by Crippen LogP contribution is -2.52. The van der Waals surface area contributed by atoms with Crippen molar-refractivity contribution >= 4 is 5.97 Å². The summed E-state index contributed by atoms with van der Waals surface area (Å²) in [4.78, 5) is 14.0. The molecule has 0 heterocycles. The normalized spacial score (nSPS) is 27.5. The Hall–Kier alpha value is -0.530. The number of ether oxygens (including phenoxy) is 1. The number of hydrogen-bond donors (Lipinski definition) is 0. The Morgan fingerprint density at radius 1 is 0.629 bits per heavy atom. The molecule has 0 bridgehead atoms. The van der Waals surface area contributed by atoms with Gasteiger partial charge < -0.3 is 4.74 Å². The summed E-state index contributed by atoms with van der Waals surface area (Å²) in [5.74, 6) is 2.12. The highest BCUT2D eigenvalue weighted by Gasteiger charge is 2.57. The van der Waals surface area contributed by atoms with Crippen LogP contribution in [0.1, 0.15) is 174 Å². The Bertz CT molecular complexity index is 562. The third kappa shape index (κ3) is 7.98. The molecule has 0 aromatic heterocycles. The van der Waals surface area contributed by atoms with Crippen molar-refractivity contribution in [1.82, 2.24) is 0 Å². The number of rotatable bonds is 15. The third-order valence-electron chi connectivity index (χ3n) is 10.7. The highest BCUT2D eigenvalue weighted by Crippen LogP contribution is 2.61. The van der Waals surface area contributed by atoms with Crippen LogP contribution in [0.3, 0.4) is 0 Å². The number of hydrogen-bond acceptors (Lipinski definition) is 2. The van der Waals surface area contributed by atoms with Crippen molar-refractivity contribution in [3.63, 3.8) is 0 Å². The molecule has 0 aromatic rings. The molecule has 3 saturated carbocycles. The molecule has 3 aliphatic carbocycles. The van der Waals surface area contributed by atoms with E-state index >= 15 is 0 Å². The predicted molar refractivity (Wildman–Crippen MR) is 150 cm³/mol. The molecule has 2 heteroatoms. The smallest absolute Gasteiger partial charge is 0.312 e. The molecule has 0 N–H and O–H groups in total. The van der Waals surface area contributed by atoms with E-state index in [2.05, 4.69) is 13.8 Å². The molecule has 0 unspecified atom stereocenters. The maximum absolute atomic E-state index is 14.0. The molecule has 0 amide bonds. The van der Waals surface area contributed by atoms with Crippen LogP contribution in [0.4, 0.5) is 0 Å². The van der Waals surface area contributed by atoms with Crippen LogP contribution in [-0.2, 0) is 9.53 Å². The van der Waals surface area contributed by atoms with Gasteiger partial charge in [-0.15, -0.1) is 0 Å². The fourth-order valence-electron chi connectivity index (χ4n) is 8.42. The average molecular weight is 489 g/mol. The van der Waals surface area contributed by atoms with Gasteiger partial charge in [0.2, 0.25) is 0 Å². The Labute approximate surface area is 219 Å². The maximum atomic E-state index is 14.0. The molecule has 3 aliphatic rings. The summed E-state index contributed by atoms with van der Waals surface area (Å²) in [6.45, 7) is 5.25. The lowest BCUT2D eigenvalue weighted by atomic mass is 9.49. The van der Waals surface area contributed by atoms with Crippen molar-refractivity contribution < 1.29 is 9.53 Å². The highest BCUT2D eigenvalue weighted by molar-refractivity contribution is 5.78. The van der Waals surface area contributed by atoms with E-state index in [1.807, 2.05) is 0 Å². The van der Waals surface area contributed by atoms with Gasteiger partial charge in [-0.05, 0) is 68.6 Å². The quantitative estimate of drug-likeness (QED) is 0.169. The molecule has 2 nitrogen and oxygen atoms in total. The third-order valence-corrected chi connectivity index (χ3v) is 10.7. The molecule has 0 saturated heterocycles. The van der Waals surface area contributed by atoms with Gasteiger partial charge in [-0.2, -0.15) is 0 Å². The first-order chi connectivity index (χ1) is 17.2. The molecule has 0 spiro atoms. The summed E-state index contributed by atoms with van der Waals surface area (Å²) in [6, 6.07) is 0. The van der Waals surface area contributed by atoms with Gasteiger partial charge in [0.1, 0.15) is 0 Å². The van der Waals surface area contributed by atoms with E-state index in [-0.39, 0.29) is 16.8 Å². The maximum Gasteiger partial charge on any atom is 0.312 e. The molecule has 35 heavy (non-hydrogen) atoms. The van der Waals surface area contributed by atoms with Crippen molar-refractivity contribution in [2.24, 2.45) is 22.7 Å². The van der Waals surface area contributed by atoms with Crippen molar-refractivity contribution in [1.29, 1.82) is 0 Å². The van der Waals surface area contributed by atoms with E-state index in [4.69, 9.17) is 4.74 Å². The molecule has 0 radical (unpaired) electrons. The zero-order valence-electron chi connectivity index (χ0n) is 23.9. The van der Waals surface area contributed by atoms with Gasteiger partial charge in [-0.1, -0.05) is 123 Å². The average Bonchev–Trinajstić information content (AvgIpc) is 2.91. The lowest BCUT2D eigenvalue weighted by molar-refractivity contribution is -0.175. The topological polar surface area (TPSA) is 26.3 Å². The van der Waals surface area contributed by atoms with E-state index in [0.29, 0.717) is 6.61 Å². The van der Waals surface area contributed by atoms with Crippen molar-refractivity contribution in [2.45, 2.75) is 174 Å². The molecule has 0 aliphatic heterocycles. The van der Waals surface area contributed by atoms with Crippen molar-refractivity contribution in [3.05, 3.63) is 0 Å². The first kappa shape index (κ1) is 29.0. The summed E-state index contributed by atoms with van der Waals surface area (Å²) in [7, 11) is 0. The molecule has 0 aromatic carbocycles. The fraction of sp³-hybridized carbons (Fsp3) is 0.970. The monoisotopic (exact) mass is 488 g/mol. The lowest BCUT2D eigenvalue weighted by Gasteiger charge is -2.55. The second-order valence-electron chi connectivity index (χ2n) is 12.9. The van der Waals surface area contributed by atoms with Crippen LogP contribution < -0.4 is 0 Å². The number of unbranched alkanes of at least 4 members (excludes halogenated alkanes) is 8. The second kappa shape index (κ2) is 15.7. The van der Waals surface area contributed by atoms with Crippen LogP contribution in [0.15, 0.2) is 0 Å². The van der Waals surface area contributed by atoms with Gasteiger partial charge in [0.15, 0.2) is 0 Å². The van der Waals surface area contributed by atoms with Gasteiger partial charge in [-0.3, -0.25) is 4.79 Å². The van der Waals surface area contributed by atoms with Crippen LogP contribution in [0, 0.1) is 22.7 Å². The largest absolute Gasteiger partial charge is 0.465 e. The van der Waals surface area contributed by atoms with Gasteiger partial charge in [0.25, 0.3) is 0 Å². The highest BCUT2D eigenvalue weighted by atomic mass is 16.5. The number of esters is 1. The zero-order chi connectivity index (χ0) is 24.8. The molecule has 3 fully saturated rings. The number of carbonyl (C=O) groups is 1. The minimum absolute atomic E-state index is 0.183. The van der Waals surface area contributed by atoms with Crippen molar-refractivity contribution in [3.8, 4) is 0 Å². The Kier molecular flexibility index (Phi) is 13.0. The Morgan fingerprint density at radius 2 is 1.17 bits per heavy atom. The van der Waals surface area contributed by atoms with Gasteiger partial charge >= 0.3 is 5.97 Å². The Morgan fingerprint density at radius 3 is 1.83 bits per heavy atom. The second-order valence-corrected chi connectivity index (χ2v) is 12.9. The van der Waals surface area contributed by atoms with Gasteiger partial charge in [0.05, 0.1) is 12.0 Å². The van der Waals surface area contributed by atoms with Crippen LogP contribution in [-0.4, -0.2) is 12.6 Å². The van der Waals surface area contributed by atoms with Crippen LogP contribution in [0.2, 0.25) is 0 Å². The SMILES string of the molecule is CCCCCCCCCOC(=O)C1([C@]2(CCCCC)CC[C@H](C3CCCCC3)CC2)CCCCC1.